The van der Waals surface area contributed by atoms with Gasteiger partial charge in [-0.3, -0.25) is 4.90 Å². The molecule has 2 rings (SSSR count). The van der Waals surface area contributed by atoms with E-state index in [1.165, 1.54) is 0 Å². The van der Waals surface area contributed by atoms with E-state index >= 15 is 0 Å². The quantitative estimate of drug-likeness (QED) is 0.811. The van der Waals surface area contributed by atoms with Crippen LogP contribution in [-0.4, -0.2) is 59.3 Å². The van der Waals surface area contributed by atoms with Crippen molar-refractivity contribution in [1.29, 1.82) is 0 Å². The number of fused-ring (bicyclic) bond motifs is 1. The van der Waals surface area contributed by atoms with E-state index in [1.54, 1.807) is 4.90 Å². The molecule has 2 saturated heterocycles. The Bertz CT molecular complexity index is 382. The number of nitrogens with zero attached hydrogens (tertiary/aromatic N) is 1. The molecule has 0 aromatic heterocycles. The lowest BCUT2D eigenvalue weighted by Gasteiger charge is -2.36. The SMILES string of the molecule is CC(O[C@H]1CN2CCC[C@]2(CO)C1)(C(F)(F)F)C(F)(F)F. The van der Waals surface area contributed by atoms with Crippen molar-refractivity contribution in [3.63, 3.8) is 0 Å². The third-order valence-electron chi connectivity index (χ3n) is 4.55. The first-order valence-corrected chi connectivity index (χ1v) is 6.62. The summed E-state index contributed by atoms with van der Waals surface area (Å²) in [5, 5.41) is 9.42. The van der Waals surface area contributed by atoms with Gasteiger partial charge < -0.3 is 9.84 Å². The van der Waals surface area contributed by atoms with Gasteiger partial charge in [-0.1, -0.05) is 0 Å². The van der Waals surface area contributed by atoms with Gasteiger partial charge in [0.25, 0.3) is 5.60 Å². The Kier molecular flexibility index (Phi) is 4.00. The van der Waals surface area contributed by atoms with E-state index in [9.17, 15) is 31.4 Å². The van der Waals surface area contributed by atoms with Crippen LogP contribution in [0.15, 0.2) is 0 Å². The molecule has 0 radical (unpaired) electrons. The highest BCUT2D eigenvalue weighted by Crippen LogP contribution is 2.48. The molecule has 2 aliphatic rings. The predicted molar refractivity (Wildman–Crippen MR) is 60.6 cm³/mol. The topological polar surface area (TPSA) is 32.7 Å². The van der Waals surface area contributed by atoms with Gasteiger partial charge in [-0.2, -0.15) is 26.3 Å². The van der Waals surface area contributed by atoms with Crippen LogP contribution in [-0.2, 0) is 4.74 Å². The molecule has 0 saturated carbocycles. The zero-order valence-corrected chi connectivity index (χ0v) is 11.4. The van der Waals surface area contributed by atoms with Gasteiger partial charge in [-0.05, 0) is 32.7 Å². The molecular formula is C12H17F6NO2. The summed E-state index contributed by atoms with van der Waals surface area (Å²) < 4.78 is 81.4. The molecule has 0 spiro atoms. The molecule has 9 heteroatoms. The maximum atomic E-state index is 12.8. The van der Waals surface area contributed by atoms with Gasteiger partial charge in [0.2, 0.25) is 0 Å². The van der Waals surface area contributed by atoms with Crippen molar-refractivity contribution < 1.29 is 36.2 Å². The number of alkyl halides is 6. The van der Waals surface area contributed by atoms with Crippen molar-refractivity contribution >= 4 is 0 Å². The highest BCUT2D eigenvalue weighted by Gasteiger charge is 2.70. The van der Waals surface area contributed by atoms with Crippen LogP contribution in [0.5, 0.6) is 0 Å². The summed E-state index contributed by atoms with van der Waals surface area (Å²) in [5.41, 5.74) is -4.93. The first-order valence-electron chi connectivity index (χ1n) is 6.62. The molecule has 2 atom stereocenters. The van der Waals surface area contributed by atoms with Gasteiger partial charge in [-0.25, -0.2) is 0 Å². The van der Waals surface area contributed by atoms with Crippen LogP contribution in [0.3, 0.4) is 0 Å². The van der Waals surface area contributed by atoms with Crippen molar-refractivity contribution in [2.45, 2.75) is 55.8 Å². The third kappa shape index (κ3) is 2.63. The second-order valence-corrected chi connectivity index (χ2v) is 5.90. The Morgan fingerprint density at radius 3 is 2.19 bits per heavy atom. The van der Waals surface area contributed by atoms with E-state index in [-0.39, 0.29) is 26.5 Å². The summed E-state index contributed by atoms with van der Waals surface area (Å²) in [4.78, 5) is 1.73. The highest BCUT2D eigenvalue weighted by molar-refractivity contribution is 5.05. The van der Waals surface area contributed by atoms with Crippen LogP contribution in [0.4, 0.5) is 26.3 Å². The van der Waals surface area contributed by atoms with Crippen LogP contribution >= 0.6 is 0 Å². The van der Waals surface area contributed by atoms with Gasteiger partial charge in [-0.15, -0.1) is 0 Å². The Balaban J connectivity index is 2.17. The Hall–Kier alpha value is -0.540. The number of aliphatic hydroxyl groups excluding tert-OH is 1. The molecule has 21 heavy (non-hydrogen) atoms. The van der Waals surface area contributed by atoms with E-state index in [0.717, 1.165) is 6.42 Å². The standard InChI is InChI=1S/C12H17F6NO2/c1-9(11(13,14)15,12(16,17)18)21-8-5-10(7-20)3-2-4-19(10)6-8/h8,20H,2-7H2,1H3/t8-,10-/m1/s1. The molecule has 2 aliphatic heterocycles. The Morgan fingerprint density at radius 1 is 1.19 bits per heavy atom. The van der Waals surface area contributed by atoms with Crippen molar-refractivity contribution in [2.75, 3.05) is 19.7 Å². The Labute approximate surface area is 117 Å². The molecular weight excluding hydrogens is 304 g/mol. The fourth-order valence-electron chi connectivity index (χ4n) is 3.19. The second kappa shape index (κ2) is 4.99. The molecule has 0 aromatic carbocycles. The van der Waals surface area contributed by atoms with Gasteiger partial charge in [0.1, 0.15) is 0 Å². The summed E-state index contributed by atoms with van der Waals surface area (Å²) in [7, 11) is 0. The summed E-state index contributed by atoms with van der Waals surface area (Å²) in [6.07, 6.45) is -11.0. The summed E-state index contributed by atoms with van der Waals surface area (Å²) in [6.45, 7) is 0.251. The smallest absolute Gasteiger partial charge is 0.394 e. The zero-order valence-electron chi connectivity index (χ0n) is 11.4. The molecule has 0 amide bonds. The normalized spacial score (nSPS) is 31.7. The summed E-state index contributed by atoms with van der Waals surface area (Å²) >= 11 is 0. The molecule has 124 valence electrons. The molecule has 2 fully saturated rings. The van der Waals surface area contributed by atoms with Crippen molar-refractivity contribution in [2.24, 2.45) is 0 Å². The minimum Gasteiger partial charge on any atom is -0.394 e. The van der Waals surface area contributed by atoms with Crippen molar-refractivity contribution in [3.05, 3.63) is 0 Å². The molecule has 1 N–H and O–H groups in total. The van der Waals surface area contributed by atoms with Crippen LogP contribution in [0, 0.1) is 0 Å². The monoisotopic (exact) mass is 321 g/mol. The van der Waals surface area contributed by atoms with Crippen LogP contribution in [0.25, 0.3) is 0 Å². The Morgan fingerprint density at radius 2 is 1.76 bits per heavy atom. The third-order valence-corrected chi connectivity index (χ3v) is 4.55. The summed E-state index contributed by atoms with van der Waals surface area (Å²) in [5.74, 6) is 0. The highest BCUT2D eigenvalue weighted by atomic mass is 19.4. The van der Waals surface area contributed by atoms with Crippen molar-refractivity contribution in [3.8, 4) is 0 Å². The molecule has 0 bridgehead atoms. The van der Waals surface area contributed by atoms with Crippen LogP contribution < -0.4 is 0 Å². The van der Waals surface area contributed by atoms with Gasteiger partial charge in [0.15, 0.2) is 0 Å². The minimum absolute atomic E-state index is 0.0159. The summed E-state index contributed by atoms with van der Waals surface area (Å²) in [6, 6.07) is 0. The number of hydrogen-bond donors (Lipinski definition) is 1. The molecule has 0 aliphatic carbocycles. The second-order valence-electron chi connectivity index (χ2n) is 5.90. The lowest BCUT2D eigenvalue weighted by atomic mass is 9.94. The largest absolute Gasteiger partial charge is 0.426 e. The fourth-order valence-corrected chi connectivity index (χ4v) is 3.19. The van der Waals surface area contributed by atoms with E-state index in [1.807, 2.05) is 0 Å². The minimum atomic E-state index is -5.55. The van der Waals surface area contributed by atoms with Gasteiger partial charge >= 0.3 is 12.4 Å². The molecule has 0 aromatic rings. The maximum Gasteiger partial charge on any atom is 0.426 e. The maximum absolute atomic E-state index is 12.8. The number of aliphatic hydroxyl groups is 1. The molecule has 0 unspecified atom stereocenters. The van der Waals surface area contributed by atoms with E-state index in [2.05, 4.69) is 4.74 Å². The lowest BCUT2D eigenvalue weighted by molar-refractivity contribution is -0.382. The van der Waals surface area contributed by atoms with E-state index < -0.39 is 29.6 Å². The lowest BCUT2D eigenvalue weighted by Crippen LogP contribution is -2.58. The van der Waals surface area contributed by atoms with Gasteiger partial charge in [0.05, 0.1) is 12.7 Å². The predicted octanol–water partition coefficient (Wildman–Crippen LogP) is 2.49. The fraction of sp³-hybridized carbons (Fsp3) is 1.00. The first kappa shape index (κ1) is 16.8. The number of rotatable bonds is 3. The zero-order chi connectivity index (χ0) is 16.1. The molecule has 2 heterocycles. The van der Waals surface area contributed by atoms with Crippen LogP contribution in [0.2, 0.25) is 0 Å². The van der Waals surface area contributed by atoms with E-state index in [0.29, 0.717) is 13.0 Å². The first-order chi connectivity index (χ1) is 9.45. The van der Waals surface area contributed by atoms with Gasteiger partial charge in [0, 0.05) is 12.1 Å². The molecule has 3 nitrogen and oxygen atoms in total. The average Bonchev–Trinajstić information content (AvgIpc) is 2.82. The van der Waals surface area contributed by atoms with E-state index in [4.69, 9.17) is 0 Å². The van der Waals surface area contributed by atoms with Crippen molar-refractivity contribution in [1.82, 2.24) is 4.90 Å². The van der Waals surface area contributed by atoms with Crippen LogP contribution in [0.1, 0.15) is 26.2 Å². The average molecular weight is 321 g/mol. The number of hydrogen-bond acceptors (Lipinski definition) is 3. The number of halogens is 6. The number of ether oxygens (including phenoxy) is 1.